The molecule has 1 aromatic rings. The average molecular weight is 295 g/mol. The van der Waals surface area contributed by atoms with Crippen LogP contribution in [0.15, 0.2) is 17.5 Å². The Bertz CT molecular complexity index is 434. The maximum atomic E-state index is 11.7. The minimum Gasteiger partial charge on any atom is -0.356 e. The molecule has 1 aliphatic rings. The van der Waals surface area contributed by atoms with E-state index >= 15 is 0 Å². The van der Waals surface area contributed by atoms with Gasteiger partial charge in [-0.05, 0) is 37.3 Å². The van der Waals surface area contributed by atoms with Gasteiger partial charge in [-0.15, -0.1) is 11.3 Å². The van der Waals surface area contributed by atoms with Crippen LogP contribution in [0.25, 0.3) is 0 Å². The standard InChI is InChI=1S/C14H21N3O2S/c18-13-10-11(4-1-6-16-13)15-7-3-8-17-14(19)12-5-2-9-20-12/h2,5,9,11,15H,1,3-4,6-8,10H2,(H,16,18)(H,17,19)/t11-/m1/s1. The summed E-state index contributed by atoms with van der Waals surface area (Å²) < 4.78 is 0. The highest BCUT2D eigenvalue weighted by Gasteiger charge is 2.16. The van der Waals surface area contributed by atoms with Gasteiger partial charge in [0.25, 0.3) is 5.91 Å². The second-order valence-electron chi connectivity index (χ2n) is 4.93. The molecule has 2 amide bonds. The van der Waals surface area contributed by atoms with Crippen LogP contribution in [-0.2, 0) is 4.79 Å². The van der Waals surface area contributed by atoms with E-state index in [0.29, 0.717) is 13.0 Å². The van der Waals surface area contributed by atoms with Crippen molar-refractivity contribution in [1.82, 2.24) is 16.0 Å². The lowest BCUT2D eigenvalue weighted by atomic mass is 10.1. The Morgan fingerprint density at radius 3 is 3.15 bits per heavy atom. The maximum absolute atomic E-state index is 11.7. The molecule has 1 atom stereocenters. The Morgan fingerprint density at radius 1 is 1.45 bits per heavy atom. The zero-order chi connectivity index (χ0) is 14.2. The summed E-state index contributed by atoms with van der Waals surface area (Å²) in [5.41, 5.74) is 0. The smallest absolute Gasteiger partial charge is 0.261 e. The van der Waals surface area contributed by atoms with E-state index in [9.17, 15) is 9.59 Å². The summed E-state index contributed by atoms with van der Waals surface area (Å²) in [4.78, 5) is 23.8. The number of hydrogen-bond acceptors (Lipinski definition) is 4. The number of nitrogens with one attached hydrogen (secondary N) is 3. The largest absolute Gasteiger partial charge is 0.356 e. The van der Waals surface area contributed by atoms with Crippen LogP contribution in [0.1, 0.15) is 35.4 Å². The van der Waals surface area contributed by atoms with Crippen molar-refractivity contribution in [2.75, 3.05) is 19.6 Å². The predicted octanol–water partition coefficient (Wildman–Crippen LogP) is 1.13. The normalized spacial score (nSPS) is 19.2. The van der Waals surface area contributed by atoms with Crippen LogP contribution in [0.5, 0.6) is 0 Å². The summed E-state index contributed by atoms with van der Waals surface area (Å²) in [6, 6.07) is 3.96. The van der Waals surface area contributed by atoms with Crippen LogP contribution in [0.2, 0.25) is 0 Å². The van der Waals surface area contributed by atoms with Gasteiger partial charge in [-0.1, -0.05) is 6.07 Å². The molecule has 0 spiro atoms. The van der Waals surface area contributed by atoms with Gasteiger partial charge in [0, 0.05) is 25.6 Å². The molecule has 1 saturated heterocycles. The minimum absolute atomic E-state index is 0.00570. The molecule has 1 fully saturated rings. The molecule has 3 N–H and O–H groups in total. The Balaban J connectivity index is 1.57. The Kier molecular flexibility index (Phi) is 6.01. The molecule has 1 aliphatic heterocycles. The van der Waals surface area contributed by atoms with Crippen LogP contribution in [0.3, 0.4) is 0 Å². The molecule has 2 heterocycles. The fourth-order valence-electron chi connectivity index (χ4n) is 2.24. The fraction of sp³-hybridized carbons (Fsp3) is 0.571. The molecule has 2 rings (SSSR count). The van der Waals surface area contributed by atoms with Crippen LogP contribution >= 0.6 is 11.3 Å². The van der Waals surface area contributed by atoms with Crippen molar-refractivity contribution in [3.05, 3.63) is 22.4 Å². The van der Waals surface area contributed by atoms with Crippen LogP contribution in [0, 0.1) is 0 Å². The van der Waals surface area contributed by atoms with E-state index in [2.05, 4.69) is 16.0 Å². The van der Waals surface area contributed by atoms with Gasteiger partial charge in [0.2, 0.25) is 5.91 Å². The highest BCUT2D eigenvalue weighted by atomic mass is 32.1. The van der Waals surface area contributed by atoms with Crippen molar-refractivity contribution in [1.29, 1.82) is 0 Å². The van der Waals surface area contributed by atoms with E-state index in [1.165, 1.54) is 11.3 Å². The first-order chi connectivity index (χ1) is 9.75. The first kappa shape index (κ1) is 15.0. The van der Waals surface area contributed by atoms with E-state index < -0.39 is 0 Å². The van der Waals surface area contributed by atoms with Crippen molar-refractivity contribution in [3.63, 3.8) is 0 Å². The summed E-state index contributed by atoms with van der Waals surface area (Å²) in [5, 5.41) is 11.1. The maximum Gasteiger partial charge on any atom is 0.261 e. The van der Waals surface area contributed by atoms with Crippen molar-refractivity contribution in [2.24, 2.45) is 0 Å². The summed E-state index contributed by atoms with van der Waals surface area (Å²) in [5.74, 6) is 0.125. The fourth-order valence-corrected chi connectivity index (χ4v) is 2.88. The molecule has 0 aliphatic carbocycles. The molecule has 0 aromatic carbocycles. The monoisotopic (exact) mass is 295 g/mol. The van der Waals surface area contributed by atoms with E-state index in [1.54, 1.807) is 0 Å². The molecule has 20 heavy (non-hydrogen) atoms. The number of rotatable bonds is 6. The first-order valence-electron chi connectivity index (χ1n) is 7.07. The minimum atomic E-state index is -0.00570. The van der Waals surface area contributed by atoms with Crippen LogP contribution in [-0.4, -0.2) is 37.5 Å². The molecule has 0 radical (unpaired) electrons. The molecule has 110 valence electrons. The molecule has 0 unspecified atom stereocenters. The Hall–Kier alpha value is -1.40. The highest BCUT2D eigenvalue weighted by molar-refractivity contribution is 7.12. The zero-order valence-corrected chi connectivity index (χ0v) is 12.3. The molecule has 5 nitrogen and oxygen atoms in total. The number of carbonyl (C=O) groups excluding carboxylic acids is 2. The lowest BCUT2D eigenvalue weighted by Gasteiger charge is -2.14. The van der Waals surface area contributed by atoms with Crippen molar-refractivity contribution in [2.45, 2.75) is 31.7 Å². The second kappa shape index (κ2) is 8.01. The number of amides is 2. The summed E-state index contributed by atoms with van der Waals surface area (Å²) in [6.07, 6.45) is 3.48. The van der Waals surface area contributed by atoms with E-state index in [4.69, 9.17) is 0 Å². The first-order valence-corrected chi connectivity index (χ1v) is 7.95. The van der Waals surface area contributed by atoms with Crippen LogP contribution in [0.4, 0.5) is 0 Å². The van der Waals surface area contributed by atoms with E-state index in [-0.39, 0.29) is 17.9 Å². The van der Waals surface area contributed by atoms with Gasteiger partial charge < -0.3 is 16.0 Å². The lowest BCUT2D eigenvalue weighted by molar-refractivity contribution is -0.121. The quantitative estimate of drug-likeness (QED) is 0.689. The molecular weight excluding hydrogens is 274 g/mol. The van der Waals surface area contributed by atoms with Gasteiger partial charge >= 0.3 is 0 Å². The third-order valence-corrected chi connectivity index (χ3v) is 4.17. The third-order valence-electron chi connectivity index (χ3n) is 3.30. The molecule has 1 aromatic heterocycles. The molecular formula is C14H21N3O2S. The SMILES string of the molecule is O=C1C[C@H](NCCCNC(=O)c2cccs2)CCCN1. The average Bonchev–Trinajstić information content (AvgIpc) is 2.89. The van der Waals surface area contributed by atoms with Crippen molar-refractivity contribution in [3.8, 4) is 0 Å². The molecule has 6 heteroatoms. The zero-order valence-electron chi connectivity index (χ0n) is 11.5. The van der Waals surface area contributed by atoms with Gasteiger partial charge in [-0.2, -0.15) is 0 Å². The Morgan fingerprint density at radius 2 is 2.35 bits per heavy atom. The van der Waals surface area contributed by atoms with Gasteiger partial charge in [0.05, 0.1) is 4.88 Å². The van der Waals surface area contributed by atoms with E-state index in [1.807, 2.05) is 17.5 Å². The highest BCUT2D eigenvalue weighted by Crippen LogP contribution is 2.08. The third kappa shape index (κ3) is 4.94. The van der Waals surface area contributed by atoms with Crippen molar-refractivity contribution >= 4 is 23.2 Å². The summed E-state index contributed by atoms with van der Waals surface area (Å²) in [6.45, 7) is 2.26. The summed E-state index contributed by atoms with van der Waals surface area (Å²) in [7, 11) is 0. The topological polar surface area (TPSA) is 70.2 Å². The molecule has 0 saturated carbocycles. The number of thiophene rings is 1. The summed E-state index contributed by atoms with van der Waals surface area (Å²) >= 11 is 1.45. The van der Waals surface area contributed by atoms with Gasteiger partial charge in [0.1, 0.15) is 0 Å². The molecule has 0 bridgehead atoms. The number of carbonyl (C=O) groups is 2. The Labute approximate surface area is 123 Å². The van der Waals surface area contributed by atoms with Gasteiger partial charge in [0.15, 0.2) is 0 Å². The lowest BCUT2D eigenvalue weighted by Crippen LogP contribution is -2.34. The van der Waals surface area contributed by atoms with Crippen molar-refractivity contribution < 1.29 is 9.59 Å². The van der Waals surface area contributed by atoms with Gasteiger partial charge in [-0.3, -0.25) is 9.59 Å². The predicted molar refractivity (Wildman–Crippen MR) is 79.9 cm³/mol. The van der Waals surface area contributed by atoms with Crippen LogP contribution < -0.4 is 16.0 Å². The number of hydrogen-bond donors (Lipinski definition) is 3. The second-order valence-corrected chi connectivity index (χ2v) is 5.88. The van der Waals surface area contributed by atoms with Gasteiger partial charge in [-0.25, -0.2) is 0 Å². The van der Waals surface area contributed by atoms with E-state index in [0.717, 1.165) is 37.2 Å².